The Hall–Kier alpha value is -1.01. The van der Waals surface area contributed by atoms with E-state index in [1.807, 2.05) is 6.92 Å². The van der Waals surface area contributed by atoms with Crippen molar-refractivity contribution >= 4 is 5.91 Å². The third-order valence-electron chi connectivity index (χ3n) is 2.03. The standard InChI is InChI=1S/C9H14N2O/c1-3-6-11-7-5-8(9(11)12)10-4-2/h1,8,10H,4-7H2,2H3. The van der Waals surface area contributed by atoms with Gasteiger partial charge in [0.1, 0.15) is 0 Å². The summed E-state index contributed by atoms with van der Waals surface area (Å²) in [6.45, 7) is 4.07. The molecule has 0 spiro atoms. The van der Waals surface area contributed by atoms with Crippen LogP contribution in [0, 0.1) is 12.3 Å². The lowest BCUT2D eigenvalue weighted by atomic mass is 10.2. The fourth-order valence-corrected chi connectivity index (χ4v) is 1.44. The molecule has 12 heavy (non-hydrogen) atoms. The molecule has 1 aliphatic rings. The quantitative estimate of drug-likeness (QED) is 0.590. The predicted octanol–water partition coefficient (Wildman–Crippen LogP) is -0.170. The number of rotatable bonds is 3. The first kappa shape index (κ1) is 9.08. The Morgan fingerprint density at radius 2 is 2.58 bits per heavy atom. The Morgan fingerprint density at radius 1 is 1.83 bits per heavy atom. The van der Waals surface area contributed by atoms with Crippen LogP contribution in [-0.2, 0) is 4.79 Å². The summed E-state index contributed by atoms with van der Waals surface area (Å²) in [4.78, 5) is 13.2. The van der Waals surface area contributed by atoms with Gasteiger partial charge >= 0.3 is 0 Å². The number of carbonyl (C=O) groups excluding carboxylic acids is 1. The van der Waals surface area contributed by atoms with E-state index >= 15 is 0 Å². The lowest BCUT2D eigenvalue weighted by Crippen LogP contribution is -2.38. The Bertz CT molecular complexity index is 207. The molecule has 1 heterocycles. The van der Waals surface area contributed by atoms with Gasteiger partial charge in [-0.15, -0.1) is 6.42 Å². The number of carbonyl (C=O) groups is 1. The van der Waals surface area contributed by atoms with Gasteiger partial charge in [-0.1, -0.05) is 12.8 Å². The van der Waals surface area contributed by atoms with Crippen molar-refractivity contribution < 1.29 is 4.79 Å². The van der Waals surface area contributed by atoms with Crippen molar-refractivity contribution in [1.29, 1.82) is 0 Å². The molecule has 1 fully saturated rings. The molecule has 0 aromatic heterocycles. The molecule has 1 saturated heterocycles. The monoisotopic (exact) mass is 166 g/mol. The number of hydrogen-bond donors (Lipinski definition) is 1. The number of amides is 1. The first-order chi connectivity index (χ1) is 5.79. The summed E-state index contributed by atoms with van der Waals surface area (Å²) in [5.74, 6) is 2.63. The van der Waals surface area contributed by atoms with E-state index in [1.165, 1.54) is 0 Å². The van der Waals surface area contributed by atoms with Gasteiger partial charge in [-0.2, -0.15) is 0 Å². The minimum absolute atomic E-state index is 0.00310. The average Bonchev–Trinajstić information content (AvgIpc) is 2.38. The summed E-state index contributed by atoms with van der Waals surface area (Å²) in [5, 5.41) is 3.12. The molecule has 3 heteroatoms. The van der Waals surface area contributed by atoms with Crippen LogP contribution in [-0.4, -0.2) is 36.5 Å². The third kappa shape index (κ3) is 1.77. The highest BCUT2D eigenvalue weighted by molar-refractivity contribution is 5.84. The number of nitrogens with one attached hydrogen (secondary N) is 1. The SMILES string of the molecule is C#CCN1CCC(NCC)C1=O. The minimum atomic E-state index is 0.00310. The molecule has 1 N–H and O–H groups in total. The van der Waals surface area contributed by atoms with Crippen LogP contribution >= 0.6 is 0 Å². The van der Waals surface area contributed by atoms with Crippen LogP contribution < -0.4 is 5.32 Å². The highest BCUT2D eigenvalue weighted by atomic mass is 16.2. The molecular formula is C9H14N2O. The second-order valence-electron chi connectivity index (χ2n) is 2.86. The van der Waals surface area contributed by atoms with Crippen LogP contribution in [0.1, 0.15) is 13.3 Å². The molecule has 0 aliphatic carbocycles. The second kappa shape index (κ2) is 4.13. The van der Waals surface area contributed by atoms with E-state index in [0.717, 1.165) is 19.5 Å². The minimum Gasteiger partial charge on any atom is -0.330 e. The van der Waals surface area contributed by atoms with Gasteiger partial charge in [0.05, 0.1) is 12.6 Å². The molecule has 0 saturated carbocycles. The van der Waals surface area contributed by atoms with E-state index < -0.39 is 0 Å². The van der Waals surface area contributed by atoms with Crippen LogP contribution in [0.5, 0.6) is 0 Å². The van der Waals surface area contributed by atoms with Crippen molar-refractivity contribution in [2.24, 2.45) is 0 Å². The van der Waals surface area contributed by atoms with Crippen LogP contribution in [0.25, 0.3) is 0 Å². The molecule has 0 radical (unpaired) electrons. The Kier molecular flexibility index (Phi) is 3.12. The van der Waals surface area contributed by atoms with Gasteiger partial charge in [-0.3, -0.25) is 4.79 Å². The molecule has 1 rings (SSSR count). The van der Waals surface area contributed by atoms with Gasteiger partial charge in [-0.05, 0) is 13.0 Å². The van der Waals surface area contributed by atoms with Gasteiger partial charge in [0.2, 0.25) is 5.91 Å². The number of likely N-dealkylation sites (tertiary alicyclic amines) is 1. The van der Waals surface area contributed by atoms with Crippen molar-refractivity contribution in [1.82, 2.24) is 10.2 Å². The summed E-state index contributed by atoms with van der Waals surface area (Å²) in [6, 6.07) is 0.00310. The molecule has 1 unspecified atom stereocenters. The molecule has 0 aromatic carbocycles. The molecule has 1 atom stereocenters. The van der Waals surface area contributed by atoms with Gasteiger partial charge in [0.25, 0.3) is 0 Å². The van der Waals surface area contributed by atoms with Crippen LogP contribution in [0.4, 0.5) is 0 Å². The fourth-order valence-electron chi connectivity index (χ4n) is 1.44. The average molecular weight is 166 g/mol. The molecule has 0 bridgehead atoms. The lowest BCUT2D eigenvalue weighted by molar-refractivity contribution is -0.128. The van der Waals surface area contributed by atoms with Crippen LogP contribution in [0.3, 0.4) is 0 Å². The zero-order valence-electron chi connectivity index (χ0n) is 7.34. The predicted molar refractivity (Wildman–Crippen MR) is 47.5 cm³/mol. The van der Waals surface area contributed by atoms with Crippen molar-refractivity contribution in [2.75, 3.05) is 19.6 Å². The molecular weight excluding hydrogens is 152 g/mol. The molecule has 0 aromatic rings. The van der Waals surface area contributed by atoms with E-state index in [0.29, 0.717) is 6.54 Å². The molecule has 1 aliphatic heterocycles. The number of terminal acetylenes is 1. The van der Waals surface area contributed by atoms with E-state index in [4.69, 9.17) is 6.42 Å². The van der Waals surface area contributed by atoms with Crippen molar-refractivity contribution in [3.63, 3.8) is 0 Å². The third-order valence-corrected chi connectivity index (χ3v) is 2.03. The Balaban J connectivity index is 2.45. The van der Waals surface area contributed by atoms with E-state index in [-0.39, 0.29) is 11.9 Å². The maximum Gasteiger partial charge on any atom is 0.240 e. The van der Waals surface area contributed by atoms with Crippen molar-refractivity contribution in [3.8, 4) is 12.3 Å². The van der Waals surface area contributed by atoms with Crippen LogP contribution in [0.2, 0.25) is 0 Å². The van der Waals surface area contributed by atoms with E-state index in [2.05, 4.69) is 11.2 Å². The normalized spacial score (nSPS) is 22.8. The van der Waals surface area contributed by atoms with Gasteiger partial charge < -0.3 is 10.2 Å². The maximum absolute atomic E-state index is 11.5. The fraction of sp³-hybridized carbons (Fsp3) is 0.667. The summed E-state index contributed by atoms with van der Waals surface area (Å²) in [7, 11) is 0. The first-order valence-electron chi connectivity index (χ1n) is 4.25. The largest absolute Gasteiger partial charge is 0.330 e. The summed E-state index contributed by atoms with van der Waals surface area (Å²) in [5.41, 5.74) is 0. The maximum atomic E-state index is 11.5. The lowest BCUT2D eigenvalue weighted by Gasteiger charge is -2.12. The number of nitrogens with zero attached hydrogens (tertiary/aromatic N) is 1. The van der Waals surface area contributed by atoms with Gasteiger partial charge in [0.15, 0.2) is 0 Å². The highest BCUT2D eigenvalue weighted by Crippen LogP contribution is 2.09. The highest BCUT2D eigenvalue weighted by Gasteiger charge is 2.29. The van der Waals surface area contributed by atoms with Crippen molar-refractivity contribution in [3.05, 3.63) is 0 Å². The second-order valence-corrected chi connectivity index (χ2v) is 2.86. The first-order valence-corrected chi connectivity index (χ1v) is 4.25. The smallest absolute Gasteiger partial charge is 0.240 e. The van der Waals surface area contributed by atoms with Gasteiger partial charge in [-0.25, -0.2) is 0 Å². The zero-order chi connectivity index (χ0) is 8.97. The Labute approximate surface area is 73.1 Å². The molecule has 66 valence electrons. The zero-order valence-corrected chi connectivity index (χ0v) is 7.34. The molecule has 1 amide bonds. The molecule has 3 nitrogen and oxygen atoms in total. The Morgan fingerprint density at radius 3 is 3.17 bits per heavy atom. The summed E-state index contributed by atoms with van der Waals surface area (Å²) in [6.07, 6.45) is 6.01. The van der Waals surface area contributed by atoms with Crippen LogP contribution in [0.15, 0.2) is 0 Å². The summed E-state index contributed by atoms with van der Waals surface area (Å²) >= 11 is 0. The number of hydrogen-bond acceptors (Lipinski definition) is 2. The van der Waals surface area contributed by atoms with Gasteiger partial charge in [0, 0.05) is 6.54 Å². The topological polar surface area (TPSA) is 32.3 Å². The van der Waals surface area contributed by atoms with E-state index in [1.54, 1.807) is 4.90 Å². The van der Waals surface area contributed by atoms with Crippen molar-refractivity contribution in [2.45, 2.75) is 19.4 Å². The van der Waals surface area contributed by atoms with E-state index in [9.17, 15) is 4.79 Å². The summed E-state index contributed by atoms with van der Waals surface area (Å²) < 4.78 is 0. The number of likely N-dealkylation sites (N-methyl/N-ethyl adjacent to an activating group) is 1.